The highest BCUT2D eigenvalue weighted by Gasteiger charge is 2.22. The zero-order valence-corrected chi connectivity index (χ0v) is 14.5. The van der Waals surface area contributed by atoms with Gasteiger partial charge in [0.25, 0.3) is 0 Å². The Bertz CT molecular complexity index is 409. The number of unbranched alkanes of at least 4 members (excludes halogenated alkanes) is 1. The summed E-state index contributed by atoms with van der Waals surface area (Å²) in [5, 5.41) is 3.38. The maximum absolute atomic E-state index is 13.8. The Morgan fingerprint density at radius 1 is 1.24 bits per heavy atom. The number of rotatable bonds is 5. The standard InChI is InChI=1S/C16H25FN2.2ClH/c1-3-4-5-16(19-10-8-18-9-11-19)14-7-6-13(2)15(17)12-14;;/h6-7,12,16,18H,3-5,8-11H2,1-2H3;2*1H/t16-;;/m1../s1. The minimum Gasteiger partial charge on any atom is -0.314 e. The first kappa shape index (κ1) is 20.6. The molecule has 0 aliphatic carbocycles. The molecule has 0 radical (unpaired) electrons. The van der Waals surface area contributed by atoms with Gasteiger partial charge in [0, 0.05) is 32.2 Å². The number of benzene rings is 1. The van der Waals surface area contributed by atoms with Gasteiger partial charge in [-0.3, -0.25) is 4.90 Å². The van der Waals surface area contributed by atoms with Gasteiger partial charge in [-0.1, -0.05) is 31.9 Å². The van der Waals surface area contributed by atoms with Crippen LogP contribution in [0.4, 0.5) is 4.39 Å². The van der Waals surface area contributed by atoms with Crippen molar-refractivity contribution < 1.29 is 4.39 Å². The molecule has 1 aromatic rings. The Hall–Kier alpha value is -0.350. The third kappa shape index (κ3) is 5.74. The number of halogens is 3. The molecule has 0 amide bonds. The molecule has 1 aliphatic heterocycles. The predicted octanol–water partition coefficient (Wildman–Crippen LogP) is 4.11. The molecule has 1 saturated heterocycles. The van der Waals surface area contributed by atoms with E-state index in [-0.39, 0.29) is 30.6 Å². The number of aryl methyl sites for hydroxylation is 1. The van der Waals surface area contributed by atoms with Crippen molar-refractivity contribution in [3.8, 4) is 0 Å². The van der Waals surface area contributed by atoms with Crippen LogP contribution in [-0.2, 0) is 0 Å². The molecule has 0 unspecified atom stereocenters. The Kier molecular flexibility index (Phi) is 10.2. The second-order valence-electron chi connectivity index (χ2n) is 5.45. The van der Waals surface area contributed by atoms with Crippen LogP contribution in [0.15, 0.2) is 18.2 Å². The summed E-state index contributed by atoms with van der Waals surface area (Å²) in [6.07, 6.45) is 3.51. The lowest BCUT2D eigenvalue weighted by Gasteiger charge is -2.35. The monoisotopic (exact) mass is 336 g/mol. The van der Waals surface area contributed by atoms with Crippen LogP contribution in [0, 0.1) is 12.7 Å². The van der Waals surface area contributed by atoms with Crippen molar-refractivity contribution >= 4 is 24.8 Å². The zero-order chi connectivity index (χ0) is 13.7. The van der Waals surface area contributed by atoms with E-state index in [0.29, 0.717) is 6.04 Å². The van der Waals surface area contributed by atoms with E-state index in [1.165, 1.54) is 12.8 Å². The van der Waals surface area contributed by atoms with Crippen molar-refractivity contribution in [2.24, 2.45) is 0 Å². The molecule has 1 atom stereocenters. The number of hydrogen-bond acceptors (Lipinski definition) is 2. The van der Waals surface area contributed by atoms with Gasteiger partial charge in [-0.15, -0.1) is 24.8 Å². The Morgan fingerprint density at radius 2 is 1.90 bits per heavy atom. The van der Waals surface area contributed by atoms with E-state index in [9.17, 15) is 4.39 Å². The summed E-state index contributed by atoms with van der Waals surface area (Å²) in [5.41, 5.74) is 1.87. The maximum Gasteiger partial charge on any atom is 0.126 e. The van der Waals surface area contributed by atoms with E-state index < -0.39 is 0 Å². The fourth-order valence-corrected chi connectivity index (χ4v) is 2.77. The largest absolute Gasteiger partial charge is 0.314 e. The summed E-state index contributed by atoms with van der Waals surface area (Å²) >= 11 is 0. The van der Waals surface area contributed by atoms with Crippen LogP contribution in [0.5, 0.6) is 0 Å². The smallest absolute Gasteiger partial charge is 0.126 e. The van der Waals surface area contributed by atoms with Gasteiger partial charge in [-0.05, 0) is 30.5 Å². The Labute approximate surface area is 140 Å². The van der Waals surface area contributed by atoms with E-state index in [1.807, 2.05) is 13.0 Å². The average Bonchev–Trinajstić information content (AvgIpc) is 2.44. The molecule has 0 aromatic heterocycles. The number of piperazine rings is 1. The van der Waals surface area contributed by atoms with E-state index in [1.54, 1.807) is 6.07 Å². The summed E-state index contributed by atoms with van der Waals surface area (Å²) in [6.45, 7) is 8.23. The normalized spacial score (nSPS) is 16.7. The summed E-state index contributed by atoms with van der Waals surface area (Å²) < 4.78 is 13.8. The Morgan fingerprint density at radius 3 is 2.48 bits per heavy atom. The Balaban J connectivity index is 0.00000200. The van der Waals surface area contributed by atoms with Gasteiger partial charge in [0.1, 0.15) is 5.82 Å². The summed E-state index contributed by atoms with van der Waals surface area (Å²) in [4.78, 5) is 2.50. The molecule has 2 nitrogen and oxygen atoms in total. The minimum absolute atomic E-state index is 0. The van der Waals surface area contributed by atoms with Crippen LogP contribution in [0.1, 0.15) is 43.4 Å². The highest BCUT2D eigenvalue weighted by Crippen LogP contribution is 2.27. The third-order valence-electron chi connectivity index (χ3n) is 4.00. The van der Waals surface area contributed by atoms with Gasteiger partial charge in [0.2, 0.25) is 0 Å². The lowest BCUT2D eigenvalue weighted by Crippen LogP contribution is -2.45. The van der Waals surface area contributed by atoms with Gasteiger partial charge < -0.3 is 5.32 Å². The second-order valence-corrected chi connectivity index (χ2v) is 5.45. The van der Waals surface area contributed by atoms with Crippen LogP contribution >= 0.6 is 24.8 Å². The maximum atomic E-state index is 13.8. The lowest BCUT2D eigenvalue weighted by molar-refractivity contribution is 0.163. The molecule has 21 heavy (non-hydrogen) atoms. The average molecular weight is 337 g/mol. The van der Waals surface area contributed by atoms with E-state index in [2.05, 4.69) is 23.2 Å². The fourth-order valence-electron chi connectivity index (χ4n) is 2.77. The molecule has 1 aliphatic rings. The first-order valence-electron chi connectivity index (χ1n) is 7.43. The van der Waals surface area contributed by atoms with Gasteiger partial charge in [-0.2, -0.15) is 0 Å². The van der Waals surface area contributed by atoms with Crippen molar-refractivity contribution in [1.29, 1.82) is 0 Å². The van der Waals surface area contributed by atoms with E-state index in [0.717, 1.165) is 43.7 Å². The number of nitrogens with one attached hydrogen (secondary N) is 1. The van der Waals surface area contributed by atoms with Crippen molar-refractivity contribution in [2.75, 3.05) is 26.2 Å². The topological polar surface area (TPSA) is 15.3 Å². The predicted molar refractivity (Wildman–Crippen MR) is 92.3 cm³/mol. The van der Waals surface area contributed by atoms with Gasteiger partial charge in [0.15, 0.2) is 0 Å². The molecule has 5 heteroatoms. The van der Waals surface area contributed by atoms with Crippen molar-refractivity contribution in [1.82, 2.24) is 10.2 Å². The molecule has 122 valence electrons. The molecule has 0 bridgehead atoms. The van der Waals surface area contributed by atoms with E-state index in [4.69, 9.17) is 0 Å². The third-order valence-corrected chi connectivity index (χ3v) is 4.00. The molecule has 1 N–H and O–H groups in total. The van der Waals surface area contributed by atoms with Crippen molar-refractivity contribution in [3.63, 3.8) is 0 Å². The van der Waals surface area contributed by atoms with Crippen LogP contribution in [0.25, 0.3) is 0 Å². The minimum atomic E-state index is -0.0749. The molecule has 0 spiro atoms. The van der Waals surface area contributed by atoms with E-state index >= 15 is 0 Å². The van der Waals surface area contributed by atoms with Crippen molar-refractivity contribution in [3.05, 3.63) is 35.1 Å². The molecular formula is C16H27Cl2FN2. The first-order valence-corrected chi connectivity index (χ1v) is 7.43. The SMILES string of the molecule is CCCC[C@H](c1ccc(C)c(F)c1)N1CCNCC1.Cl.Cl. The summed E-state index contributed by atoms with van der Waals surface area (Å²) in [7, 11) is 0. The summed E-state index contributed by atoms with van der Waals surface area (Å²) in [5.74, 6) is -0.0749. The number of nitrogens with zero attached hydrogens (tertiary/aromatic N) is 1. The van der Waals surface area contributed by atoms with Gasteiger partial charge in [0.05, 0.1) is 0 Å². The van der Waals surface area contributed by atoms with Crippen LogP contribution < -0.4 is 5.32 Å². The van der Waals surface area contributed by atoms with Crippen molar-refractivity contribution in [2.45, 2.75) is 39.2 Å². The fraction of sp³-hybridized carbons (Fsp3) is 0.625. The highest BCUT2D eigenvalue weighted by molar-refractivity contribution is 5.85. The quantitative estimate of drug-likeness (QED) is 0.870. The van der Waals surface area contributed by atoms with Gasteiger partial charge in [-0.25, -0.2) is 4.39 Å². The lowest BCUT2D eigenvalue weighted by atomic mass is 9.97. The highest BCUT2D eigenvalue weighted by atomic mass is 35.5. The van der Waals surface area contributed by atoms with Gasteiger partial charge >= 0.3 is 0 Å². The molecule has 0 saturated carbocycles. The first-order chi connectivity index (χ1) is 9.22. The molecule has 2 rings (SSSR count). The van der Waals surface area contributed by atoms with Crippen LogP contribution in [-0.4, -0.2) is 31.1 Å². The molecule has 1 heterocycles. The number of hydrogen-bond donors (Lipinski definition) is 1. The van der Waals surface area contributed by atoms with Crippen LogP contribution in [0.3, 0.4) is 0 Å². The zero-order valence-electron chi connectivity index (χ0n) is 12.9. The molecule has 1 fully saturated rings. The summed E-state index contributed by atoms with van der Waals surface area (Å²) in [6, 6.07) is 6.11. The van der Waals surface area contributed by atoms with Crippen LogP contribution in [0.2, 0.25) is 0 Å². The molecule has 1 aromatic carbocycles. The second kappa shape index (κ2) is 10.4. The molecular weight excluding hydrogens is 310 g/mol.